The molecule has 1 aromatic carbocycles. The topological polar surface area (TPSA) is 41.6 Å². The average molecular weight is 325 g/mol. The third-order valence-electron chi connectivity index (χ3n) is 4.22. The molecule has 0 aliphatic carbocycles. The van der Waals surface area contributed by atoms with Gasteiger partial charge < -0.3 is 10.1 Å². The molecule has 1 amide bonds. The first kappa shape index (κ1) is 17.1. The van der Waals surface area contributed by atoms with Crippen molar-refractivity contribution in [3.05, 3.63) is 29.3 Å². The zero-order chi connectivity index (χ0) is 15.9. The molecule has 2 rings (SSSR count). The minimum absolute atomic E-state index is 0.0331. The lowest BCUT2D eigenvalue weighted by Crippen LogP contribution is -2.46. The van der Waals surface area contributed by atoms with Crippen molar-refractivity contribution in [2.24, 2.45) is 5.92 Å². The van der Waals surface area contributed by atoms with E-state index in [2.05, 4.69) is 24.1 Å². The van der Waals surface area contributed by atoms with E-state index >= 15 is 0 Å². The van der Waals surface area contributed by atoms with E-state index in [1.165, 1.54) is 12.8 Å². The van der Waals surface area contributed by atoms with Crippen LogP contribution in [0.4, 0.5) is 0 Å². The van der Waals surface area contributed by atoms with Crippen LogP contribution in [0.15, 0.2) is 24.3 Å². The van der Waals surface area contributed by atoms with Gasteiger partial charge in [-0.2, -0.15) is 0 Å². The Hall–Kier alpha value is -1.26. The van der Waals surface area contributed by atoms with Crippen LogP contribution in [0.25, 0.3) is 0 Å². The van der Waals surface area contributed by atoms with Gasteiger partial charge in [0.1, 0.15) is 5.75 Å². The molecule has 1 heterocycles. The Bertz CT molecular complexity index is 470. The molecule has 0 bridgehead atoms. The van der Waals surface area contributed by atoms with E-state index in [0.717, 1.165) is 19.0 Å². The maximum atomic E-state index is 11.8. The molecule has 1 saturated heterocycles. The fourth-order valence-electron chi connectivity index (χ4n) is 2.59. The predicted octanol–water partition coefficient (Wildman–Crippen LogP) is 2.96. The van der Waals surface area contributed by atoms with Crippen molar-refractivity contribution >= 4 is 17.5 Å². The molecular formula is C17H25ClN2O2. The molecule has 5 heteroatoms. The Morgan fingerprint density at radius 1 is 1.36 bits per heavy atom. The van der Waals surface area contributed by atoms with Gasteiger partial charge in [0.15, 0.2) is 6.61 Å². The zero-order valence-corrected chi connectivity index (χ0v) is 14.1. The summed E-state index contributed by atoms with van der Waals surface area (Å²) in [6, 6.07) is 7.37. The van der Waals surface area contributed by atoms with Crippen molar-refractivity contribution in [1.29, 1.82) is 0 Å². The zero-order valence-electron chi connectivity index (χ0n) is 13.3. The van der Waals surface area contributed by atoms with E-state index in [-0.39, 0.29) is 12.5 Å². The van der Waals surface area contributed by atoms with Gasteiger partial charge in [0.2, 0.25) is 0 Å². The minimum atomic E-state index is -0.0906. The largest absolute Gasteiger partial charge is 0.484 e. The Morgan fingerprint density at radius 3 is 2.64 bits per heavy atom. The third kappa shape index (κ3) is 5.50. The molecule has 1 fully saturated rings. The van der Waals surface area contributed by atoms with Crippen LogP contribution in [0.2, 0.25) is 5.02 Å². The van der Waals surface area contributed by atoms with Crippen LogP contribution in [-0.2, 0) is 4.79 Å². The second-order valence-corrected chi connectivity index (χ2v) is 6.55. The molecule has 0 radical (unpaired) electrons. The maximum Gasteiger partial charge on any atom is 0.257 e. The van der Waals surface area contributed by atoms with Gasteiger partial charge in [-0.05, 0) is 63.0 Å². The molecule has 1 aliphatic heterocycles. The Labute approximate surface area is 137 Å². The summed E-state index contributed by atoms with van der Waals surface area (Å²) in [6.07, 6.45) is 2.50. The average Bonchev–Trinajstić information content (AvgIpc) is 2.52. The lowest BCUT2D eigenvalue weighted by Gasteiger charge is -2.34. The highest BCUT2D eigenvalue weighted by atomic mass is 35.5. The Balaban J connectivity index is 1.65. The molecule has 1 N–H and O–H groups in total. The number of likely N-dealkylation sites (tertiary alicyclic amines) is 1. The summed E-state index contributed by atoms with van der Waals surface area (Å²) in [5.41, 5.74) is 0. The molecule has 4 nitrogen and oxygen atoms in total. The van der Waals surface area contributed by atoms with Gasteiger partial charge in [-0.15, -0.1) is 0 Å². The van der Waals surface area contributed by atoms with Gasteiger partial charge in [0.25, 0.3) is 5.91 Å². The number of piperidine rings is 1. The van der Waals surface area contributed by atoms with Crippen LogP contribution in [0.1, 0.15) is 26.7 Å². The normalized spacial score (nSPS) is 18.0. The smallest absolute Gasteiger partial charge is 0.257 e. The number of hydrogen-bond acceptors (Lipinski definition) is 3. The first-order valence-electron chi connectivity index (χ1n) is 7.93. The van der Waals surface area contributed by atoms with E-state index in [1.54, 1.807) is 24.3 Å². The van der Waals surface area contributed by atoms with E-state index in [1.807, 2.05) is 0 Å². The number of rotatable bonds is 6. The predicted molar refractivity (Wildman–Crippen MR) is 89.4 cm³/mol. The quantitative estimate of drug-likeness (QED) is 0.874. The molecular weight excluding hydrogens is 300 g/mol. The van der Waals surface area contributed by atoms with Crippen molar-refractivity contribution in [3.63, 3.8) is 0 Å². The molecule has 0 saturated carbocycles. The van der Waals surface area contributed by atoms with Crippen molar-refractivity contribution in [3.8, 4) is 5.75 Å². The summed E-state index contributed by atoms with van der Waals surface area (Å²) < 4.78 is 5.43. The maximum absolute atomic E-state index is 11.8. The Kier molecular flexibility index (Phi) is 6.52. The summed E-state index contributed by atoms with van der Waals surface area (Å²) >= 11 is 5.80. The number of benzene rings is 1. The molecule has 1 aliphatic rings. The number of hydrogen-bond donors (Lipinski definition) is 1. The van der Waals surface area contributed by atoms with E-state index in [4.69, 9.17) is 16.3 Å². The van der Waals surface area contributed by atoms with Gasteiger partial charge in [0, 0.05) is 17.6 Å². The third-order valence-corrected chi connectivity index (χ3v) is 4.47. The lowest BCUT2D eigenvalue weighted by molar-refractivity contribution is -0.123. The highest BCUT2D eigenvalue weighted by molar-refractivity contribution is 6.30. The fourth-order valence-corrected chi connectivity index (χ4v) is 2.72. The lowest BCUT2D eigenvalue weighted by atomic mass is 9.98. The monoisotopic (exact) mass is 324 g/mol. The van der Waals surface area contributed by atoms with E-state index < -0.39 is 0 Å². The van der Waals surface area contributed by atoms with Crippen molar-refractivity contribution < 1.29 is 9.53 Å². The molecule has 122 valence electrons. The number of nitrogens with one attached hydrogen (secondary N) is 1. The standard InChI is InChI=1S/C17H25ClN2O2/c1-13-7-9-20(10-8-13)14(2)11-19-17(21)12-22-16-5-3-15(18)4-6-16/h3-6,13-14H,7-12H2,1-2H3,(H,19,21). The number of ether oxygens (including phenoxy) is 1. The molecule has 22 heavy (non-hydrogen) atoms. The Morgan fingerprint density at radius 2 is 2.00 bits per heavy atom. The highest BCUT2D eigenvalue weighted by Crippen LogP contribution is 2.18. The van der Waals surface area contributed by atoms with Crippen molar-refractivity contribution in [2.75, 3.05) is 26.2 Å². The molecule has 0 aromatic heterocycles. The van der Waals surface area contributed by atoms with Gasteiger partial charge in [-0.1, -0.05) is 18.5 Å². The SMILES string of the molecule is CC1CCN(C(C)CNC(=O)COc2ccc(Cl)cc2)CC1. The molecule has 1 unspecified atom stereocenters. The van der Waals surface area contributed by atoms with Crippen molar-refractivity contribution in [1.82, 2.24) is 10.2 Å². The van der Waals surface area contributed by atoms with Gasteiger partial charge in [-0.25, -0.2) is 0 Å². The van der Waals surface area contributed by atoms with Gasteiger partial charge in [-0.3, -0.25) is 9.69 Å². The summed E-state index contributed by atoms with van der Waals surface area (Å²) in [5, 5.41) is 3.60. The summed E-state index contributed by atoms with van der Waals surface area (Å²) in [6.45, 7) is 7.41. The van der Waals surface area contributed by atoms with Crippen LogP contribution >= 0.6 is 11.6 Å². The number of carbonyl (C=O) groups is 1. The van der Waals surface area contributed by atoms with Gasteiger partial charge in [0.05, 0.1) is 0 Å². The first-order valence-corrected chi connectivity index (χ1v) is 8.31. The van der Waals surface area contributed by atoms with E-state index in [9.17, 15) is 4.79 Å². The van der Waals surface area contributed by atoms with Crippen LogP contribution in [0.3, 0.4) is 0 Å². The number of amides is 1. The summed E-state index contributed by atoms with van der Waals surface area (Å²) in [4.78, 5) is 14.3. The fraction of sp³-hybridized carbons (Fsp3) is 0.588. The number of carbonyl (C=O) groups excluding carboxylic acids is 1. The van der Waals surface area contributed by atoms with E-state index in [0.29, 0.717) is 23.4 Å². The molecule has 1 aromatic rings. The minimum Gasteiger partial charge on any atom is -0.484 e. The summed E-state index contributed by atoms with van der Waals surface area (Å²) in [7, 11) is 0. The second kappa shape index (κ2) is 8.39. The summed E-state index contributed by atoms with van der Waals surface area (Å²) in [5.74, 6) is 1.38. The van der Waals surface area contributed by atoms with Crippen molar-refractivity contribution in [2.45, 2.75) is 32.7 Å². The number of halogens is 1. The first-order chi connectivity index (χ1) is 10.5. The number of nitrogens with zero attached hydrogens (tertiary/aromatic N) is 1. The van der Waals surface area contributed by atoms with Crippen LogP contribution in [0, 0.1) is 5.92 Å². The molecule has 0 spiro atoms. The van der Waals surface area contributed by atoms with Crippen LogP contribution in [0.5, 0.6) is 5.75 Å². The molecule has 1 atom stereocenters. The highest BCUT2D eigenvalue weighted by Gasteiger charge is 2.20. The van der Waals surface area contributed by atoms with Gasteiger partial charge >= 0.3 is 0 Å². The second-order valence-electron chi connectivity index (χ2n) is 6.11. The van der Waals surface area contributed by atoms with Crippen LogP contribution < -0.4 is 10.1 Å². The van der Waals surface area contributed by atoms with Crippen LogP contribution in [-0.4, -0.2) is 43.1 Å².